The molecule has 0 fully saturated rings. The predicted molar refractivity (Wildman–Crippen MR) is 73.6 cm³/mol. The van der Waals surface area contributed by atoms with Gasteiger partial charge >= 0.3 is 0 Å². The van der Waals surface area contributed by atoms with E-state index in [1.807, 2.05) is 30.2 Å². The lowest BCUT2D eigenvalue weighted by molar-refractivity contribution is 0.812. The number of nitrogens with zero attached hydrogens (tertiary/aromatic N) is 3. The van der Waals surface area contributed by atoms with E-state index < -0.39 is 0 Å². The van der Waals surface area contributed by atoms with Crippen LogP contribution < -0.4 is 10.6 Å². The SMILES string of the molecule is CCCNc1cncc(NCc2nccn2C)c1. The Kier molecular flexibility index (Phi) is 4.17. The fourth-order valence-electron chi connectivity index (χ4n) is 1.65. The van der Waals surface area contributed by atoms with Crippen molar-refractivity contribution in [3.05, 3.63) is 36.7 Å². The largest absolute Gasteiger partial charge is 0.384 e. The van der Waals surface area contributed by atoms with Crippen LogP contribution in [0.15, 0.2) is 30.9 Å². The van der Waals surface area contributed by atoms with Gasteiger partial charge in [0.2, 0.25) is 0 Å². The van der Waals surface area contributed by atoms with Gasteiger partial charge in [-0.3, -0.25) is 4.98 Å². The zero-order valence-electron chi connectivity index (χ0n) is 10.8. The van der Waals surface area contributed by atoms with Gasteiger partial charge in [-0.15, -0.1) is 0 Å². The Hall–Kier alpha value is -2.04. The molecule has 5 nitrogen and oxygen atoms in total. The maximum absolute atomic E-state index is 4.27. The highest BCUT2D eigenvalue weighted by atomic mass is 15.1. The van der Waals surface area contributed by atoms with E-state index in [4.69, 9.17) is 0 Å². The molecule has 0 atom stereocenters. The van der Waals surface area contributed by atoms with Crippen molar-refractivity contribution in [1.82, 2.24) is 14.5 Å². The monoisotopic (exact) mass is 245 g/mol. The average molecular weight is 245 g/mol. The molecule has 0 radical (unpaired) electrons. The molecule has 2 N–H and O–H groups in total. The van der Waals surface area contributed by atoms with Crippen molar-refractivity contribution in [1.29, 1.82) is 0 Å². The maximum atomic E-state index is 4.27. The van der Waals surface area contributed by atoms with Crippen LogP contribution in [0.1, 0.15) is 19.2 Å². The Morgan fingerprint density at radius 1 is 1.22 bits per heavy atom. The highest BCUT2D eigenvalue weighted by molar-refractivity contribution is 5.53. The molecule has 18 heavy (non-hydrogen) atoms. The molecule has 0 amide bonds. The molecule has 2 heterocycles. The Morgan fingerprint density at radius 2 is 2.00 bits per heavy atom. The number of nitrogens with one attached hydrogen (secondary N) is 2. The number of anilines is 2. The van der Waals surface area contributed by atoms with Crippen LogP contribution in [0.2, 0.25) is 0 Å². The molecule has 0 bridgehead atoms. The van der Waals surface area contributed by atoms with Crippen LogP contribution in [0.3, 0.4) is 0 Å². The highest BCUT2D eigenvalue weighted by Gasteiger charge is 2.00. The van der Waals surface area contributed by atoms with Crippen LogP contribution in [0.25, 0.3) is 0 Å². The van der Waals surface area contributed by atoms with Gasteiger partial charge in [-0.25, -0.2) is 4.98 Å². The summed E-state index contributed by atoms with van der Waals surface area (Å²) in [7, 11) is 1.99. The van der Waals surface area contributed by atoms with Crippen molar-refractivity contribution in [3.63, 3.8) is 0 Å². The normalized spacial score (nSPS) is 10.3. The van der Waals surface area contributed by atoms with E-state index in [1.165, 1.54) is 0 Å². The number of aromatic nitrogens is 3. The Labute approximate surface area is 107 Å². The van der Waals surface area contributed by atoms with Crippen molar-refractivity contribution in [3.8, 4) is 0 Å². The number of rotatable bonds is 6. The summed E-state index contributed by atoms with van der Waals surface area (Å²) in [5.74, 6) is 1.00. The van der Waals surface area contributed by atoms with Crippen LogP contribution in [-0.2, 0) is 13.6 Å². The summed E-state index contributed by atoms with van der Waals surface area (Å²) in [4.78, 5) is 8.47. The van der Waals surface area contributed by atoms with Crippen molar-refractivity contribution >= 4 is 11.4 Å². The van der Waals surface area contributed by atoms with Crippen LogP contribution >= 0.6 is 0 Å². The third-order valence-corrected chi connectivity index (χ3v) is 2.69. The second-order valence-electron chi connectivity index (χ2n) is 4.20. The van der Waals surface area contributed by atoms with Gasteiger partial charge in [0.05, 0.1) is 30.3 Å². The average Bonchev–Trinajstić information content (AvgIpc) is 2.80. The van der Waals surface area contributed by atoms with E-state index in [1.54, 1.807) is 6.20 Å². The molecular formula is C13H19N5. The smallest absolute Gasteiger partial charge is 0.127 e. The quantitative estimate of drug-likeness (QED) is 0.819. The van der Waals surface area contributed by atoms with Crippen molar-refractivity contribution < 1.29 is 0 Å². The molecule has 2 aromatic heterocycles. The lowest BCUT2D eigenvalue weighted by Crippen LogP contribution is -2.06. The van der Waals surface area contributed by atoms with Crippen LogP contribution in [0.5, 0.6) is 0 Å². The van der Waals surface area contributed by atoms with E-state index >= 15 is 0 Å². The molecular weight excluding hydrogens is 226 g/mol. The van der Waals surface area contributed by atoms with Crippen molar-refractivity contribution in [2.45, 2.75) is 19.9 Å². The molecule has 96 valence electrons. The Morgan fingerprint density at radius 3 is 2.67 bits per heavy atom. The topological polar surface area (TPSA) is 54.8 Å². The third-order valence-electron chi connectivity index (χ3n) is 2.69. The first-order valence-corrected chi connectivity index (χ1v) is 6.18. The van der Waals surface area contributed by atoms with E-state index in [-0.39, 0.29) is 0 Å². The Balaban J connectivity index is 1.95. The lowest BCUT2D eigenvalue weighted by Gasteiger charge is -2.09. The van der Waals surface area contributed by atoms with E-state index in [2.05, 4.69) is 33.6 Å². The molecule has 0 aromatic carbocycles. The van der Waals surface area contributed by atoms with Gasteiger partial charge in [-0.05, 0) is 12.5 Å². The second-order valence-corrected chi connectivity index (χ2v) is 4.20. The first-order chi connectivity index (χ1) is 8.79. The number of hydrogen-bond acceptors (Lipinski definition) is 4. The minimum Gasteiger partial charge on any atom is -0.384 e. The van der Waals surface area contributed by atoms with Crippen molar-refractivity contribution in [2.24, 2.45) is 7.05 Å². The van der Waals surface area contributed by atoms with Gasteiger partial charge in [0.1, 0.15) is 5.82 Å². The number of pyridine rings is 1. The van der Waals surface area contributed by atoms with Gasteiger partial charge in [-0.2, -0.15) is 0 Å². The molecule has 0 aliphatic rings. The highest BCUT2D eigenvalue weighted by Crippen LogP contribution is 2.13. The standard InChI is InChI=1S/C13H19N5/c1-3-4-15-11-7-12(9-14-8-11)17-10-13-16-5-6-18(13)2/h5-9,15,17H,3-4,10H2,1-2H3. The molecule has 0 unspecified atom stereocenters. The molecule has 0 aliphatic heterocycles. The zero-order chi connectivity index (χ0) is 12.8. The molecule has 0 spiro atoms. The molecule has 0 saturated heterocycles. The summed E-state index contributed by atoms with van der Waals surface area (Å²) in [5, 5.41) is 6.63. The minimum absolute atomic E-state index is 0.697. The summed E-state index contributed by atoms with van der Waals surface area (Å²) in [6.07, 6.45) is 8.50. The van der Waals surface area contributed by atoms with Crippen LogP contribution in [-0.4, -0.2) is 21.1 Å². The Bertz CT molecular complexity index is 492. The van der Waals surface area contributed by atoms with Crippen LogP contribution in [0.4, 0.5) is 11.4 Å². The summed E-state index contributed by atoms with van der Waals surface area (Å²) in [6, 6.07) is 2.06. The van der Waals surface area contributed by atoms with Gasteiger partial charge in [0.15, 0.2) is 0 Å². The maximum Gasteiger partial charge on any atom is 0.127 e. The zero-order valence-corrected chi connectivity index (χ0v) is 10.8. The number of hydrogen-bond donors (Lipinski definition) is 2. The van der Waals surface area contributed by atoms with Gasteiger partial charge in [-0.1, -0.05) is 6.92 Å². The summed E-state index contributed by atoms with van der Waals surface area (Å²) in [5.41, 5.74) is 2.04. The number of imidazole rings is 1. The predicted octanol–water partition coefficient (Wildman–Crippen LogP) is 2.25. The minimum atomic E-state index is 0.697. The van der Waals surface area contributed by atoms with Gasteiger partial charge in [0, 0.05) is 26.0 Å². The number of aryl methyl sites for hydroxylation is 1. The molecule has 0 saturated carbocycles. The fourth-order valence-corrected chi connectivity index (χ4v) is 1.65. The van der Waals surface area contributed by atoms with E-state index in [0.29, 0.717) is 6.54 Å². The molecule has 2 aromatic rings. The van der Waals surface area contributed by atoms with Crippen molar-refractivity contribution in [2.75, 3.05) is 17.2 Å². The van der Waals surface area contributed by atoms with E-state index in [9.17, 15) is 0 Å². The molecule has 2 rings (SSSR count). The lowest BCUT2D eigenvalue weighted by atomic mass is 10.3. The summed E-state index contributed by atoms with van der Waals surface area (Å²) in [6.45, 7) is 3.80. The summed E-state index contributed by atoms with van der Waals surface area (Å²) < 4.78 is 2.00. The van der Waals surface area contributed by atoms with Crippen LogP contribution in [0, 0.1) is 0 Å². The summed E-state index contributed by atoms with van der Waals surface area (Å²) >= 11 is 0. The molecule has 0 aliphatic carbocycles. The first-order valence-electron chi connectivity index (χ1n) is 6.18. The second kappa shape index (κ2) is 6.05. The first kappa shape index (κ1) is 12.4. The van der Waals surface area contributed by atoms with Gasteiger partial charge in [0.25, 0.3) is 0 Å². The fraction of sp³-hybridized carbons (Fsp3) is 0.385. The van der Waals surface area contributed by atoms with Gasteiger partial charge < -0.3 is 15.2 Å². The van der Waals surface area contributed by atoms with E-state index in [0.717, 1.165) is 30.2 Å². The molecule has 5 heteroatoms. The third kappa shape index (κ3) is 3.23.